The number of halogens is 3. The second-order valence-corrected chi connectivity index (χ2v) is 5.77. The molecule has 0 atom stereocenters. The molecule has 0 aliphatic rings. The van der Waals surface area contributed by atoms with E-state index in [2.05, 4.69) is 0 Å². The Balaban J connectivity index is 1.99. The molecule has 0 amide bonds. The van der Waals surface area contributed by atoms with Gasteiger partial charge in [0.05, 0.1) is 31.4 Å². The van der Waals surface area contributed by atoms with Gasteiger partial charge in [-0.05, 0) is 29.8 Å². The van der Waals surface area contributed by atoms with Crippen LogP contribution in [0.15, 0.2) is 47.1 Å². The molecule has 2 aromatic carbocycles. The Morgan fingerprint density at radius 2 is 1.71 bits per heavy atom. The molecular weight excluding hydrogens is 377 g/mol. The van der Waals surface area contributed by atoms with E-state index in [-0.39, 0.29) is 22.6 Å². The van der Waals surface area contributed by atoms with Gasteiger partial charge in [0.2, 0.25) is 5.75 Å². The Kier molecular flexibility index (Phi) is 5.04. The Labute approximate surface area is 157 Å². The third kappa shape index (κ3) is 3.40. The minimum Gasteiger partial charge on any atom is -0.504 e. The zero-order valence-corrected chi connectivity index (χ0v) is 14.8. The molecule has 28 heavy (non-hydrogen) atoms. The second-order valence-electron chi connectivity index (χ2n) is 5.77. The maximum absolute atomic E-state index is 12.7. The van der Waals surface area contributed by atoms with Crippen LogP contribution in [-0.4, -0.2) is 25.1 Å². The topological polar surface area (TPSA) is 68.9 Å². The van der Waals surface area contributed by atoms with Gasteiger partial charge in [-0.2, -0.15) is 13.2 Å². The fourth-order valence-electron chi connectivity index (χ4n) is 2.80. The lowest BCUT2D eigenvalue weighted by Gasteiger charge is -2.13. The summed E-state index contributed by atoms with van der Waals surface area (Å²) in [5.41, 5.74) is -0.321. The van der Waals surface area contributed by atoms with E-state index in [0.717, 1.165) is 18.2 Å². The number of benzene rings is 2. The molecule has 146 valence electrons. The molecule has 0 unspecified atom stereocenters. The fraction of sp³-hybridized carbons (Fsp3) is 0.150. The van der Waals surface area contributed by atoms with Gasteiger partial charge < -0.3 is 19.0 Å². The molecule has 1 aromatic heterocycles. The number of ether oxygens (including phenoxy) is 2. The van der Waals surface area contributed by atoms with E-state index in [9.17, 15) is 23.1 Å². The van der Waals surface area contributed by atoms with E-state index < -0.39 is 23.3 Å². The lowest BCUT2D eigenvalue weighted by molar-refractivity contribution is -0.137. The number of hydrogen-bond acceptors (Lipinski definition) is 5. The minimum absolute atomic E-state index is 0.0212. The number of ketones is 1. The normalized spacial score (nSPS) is 11.9. The van der Waals surface area contributed by atoms with Crippen molar-refractivity contribution in [3.05, 3.63) is 59.4 Å². The summed E-state index contributed by atoms with van der Waals surface area (Å²) < 4.78 is 53.5. The van der Waals surface area contributed by atoms with Crippen molar-refractivity contribution in [2.75, 3.05) is 14.2 Å². The number of fused-ring (bicyclic) bond motifs is 1. The van der Waals surface area contributed by atoms with Crippen molar-refractivity contribution >= 4 is 22.8 Å². The number of hydrogen-bond donors (Lipinski definition) is 1. The largest absolute Gasteiger partial charge is 0.504 e. The number of allylic oxidation sites excluding steroid dienone is 1. The highest BCUT2D eigenvalue weighted by Crippen LogP contribution is 2.45. The number of alkyl halides is 3. The van der Waals surface area contributed by atoms with E-state index >= 15 is 0 Å². The number of aromatic hydroxyl groups is 1. The van der Waals surface area contributed by atoms with Crippen molar-refractivity contribution in [2.45, 2.75) is 6.18 Å². The number of furan rings is 1. The molecule has 0 aliphatic carbocycles. The van der Waals surface area contributed by atoms with E-state index in [1.165, 1.54) is 38.7 Å². The average molecular weight is 392 g/mol. The summed E-state index contributed by atoms with van der Waals surface area (Å²) in [7, 11) is 2.65. The second kappa shape index (κ2) is 7.30. The van der Waals surface area contributed by atoms with Crippen LogP contribution in [0.4, 0.5) is 13.2 Å². The third-order valence-corrected chi connectivity index (χ3v) is 4.11. The molecular formula is C20H15F3O5. The molecule has 0 bridgehead atoms. The maximum Gasteiger partial charge on any atom is 0.416 e. The SMILES string of the molecule is COc1c(C(=O)C=Cc2ccc(C(F)(F)F)cc2)c(O)c(OC)c2occc12. The van der Waals surface area contributed by atoms with E-state index in [1.807, 2.05) is 0 Å². The summed E-state index contributed by atoms with van der Waals surface area (Å²) in [5.74, 6) is -0.990. The monoisotopic (exact) mass is 392 g/mol. The number of carbonyl (C=O) groups excluding carboxylic acids is 1. The quantitative estimate of drug-likeness (QED) is 0.485. The van der Waals surface area contributed by atoms with Gasteiger partial charge in [0, 0.05) is 0 Å². The van der Waals surface area contributed by atoms with Gasteiger partial charge in [0.25, 0.3) is 0 Å². The van der Waals surface area contributed by atoms with Crippen molar-refractivity contribution in [2.24, 2.45) is 0 Å². The smallest absolute Gasteiger partial charge is 0.416 e. The zero-order valence-electron chi connectivity index (χ0n) is 14.8. The van der Waals surface area contributed by atoms with Gasteiger partial charge in [-0.3, -0.25) is 4.79 Å². The molecule has 8 heteroatoms. The first kappa shape index (κ1) is 19.3. The highest BCUT2D eigenvalue weighted by molar-refractivity contribution is 6.15. The first-order chi connectivity index (χ1) is 13.3. The summed E-state index contributed by atoms with van der Waals surface area (Å²) in [5, 5.41) is 10.9. The van der Waals surface area contributed by atoms with Crippen LogP contribution in [0.25, 0.3) is 17.0 Å². The number of phenols is 1. The molecule has 1 N–H and O–H groups in total. The minimum atomic E-state index is -4.44. The van der Waals surface area contributed by atoms with Crippen LogP contribution in [0.1, 0.15) is 21.5 Å². The number of rotatable bonds is 5. The highest BCUT2D eigenvalue weighted by atomic mass is 19.4. The fourth-order valence-corrected chi connectivity index (χ4v) is 2.80. The van der Waals surface area contributed by atoms with Crippen molar-refractivity contribution in [3.63, 3.8) is 0 Å². The molecule has 0 aliphatic heterocycles. The summed E-state index contributed by atoms with van der Waals surface area (Å²) in [6, 6.07) is 5.88. The van der Waals surface area contributed by atoms with Gasteiger partial charge in [-0.1, -0.05) is 18.2 Å². The predicted molar refractivity (Wildman–Crippen MR) is 95.8 cm³/mol. The van der Waals surface area contributed by atoms with E-state index in [1.54, 1.807) is 6.07 Å². The van der Waals surface area contributed by atoms with E-state index in [4.69, 9.17) is 13.9 Å². The molecule has 0 spiro atoms. The van der Waals surface area contributed by atoms with Crippen molar-refractivity contribution in [1.29, 1.82) is 0 Å². The summed E-state index contributed by atoms with van der Waals surface area (Å²) in [6.07, 6.45) is -0.603. The first-order valence-electron chi connectivity index (χ1n) is 8.01. The molecule has 0 saturated carbocycles. The predicted octanol–water partition coefficient (Wildman–Crippen LogP) is 5.07. The third-order valence-electron chi connectivity index (χ3n) is 4.11. The van der Waals surface area contributed by atoms with Crippen LogP contribution >= 0.6 is 0 Å². The van der Waals surface area contributed by atoms with Gasteiger partial charge in [-0.15, -0.1) is 0 Å². The molecule has 0 saturated heterocycles. The van der Waals surface area contributed by atoms with Gasteiger partial charge >= 0.3 is 6.18 Å². The summed E-state index contributed by atoms with van der Waals surface area (Å²) >= 11 is 0. The lowest BCUT2D eigenvalue weighted by Crippen LogP contribution is -2.04. The molecule has 3 aromatic rings. The highest BCUT2D eigenvalue weighted by Gasteiger charge is 2.30. The average Bonchev–Trinajstić information content (AvgIpc) is 3.14. The van der Waals surface area contributed by atoms with E-state index in [0.29, 0.717) is 10.9 Å². The van der Waals surface area contributed by atoms with Crippen LogP contribution in [0.3, 0.4) is 0 Å². The van der Waals surface area contributed by atoms with Gasteiger partial charge in [0.15, 0.2) is 17.1 Å². The molecule has 0 radical (unpaired) electrons. The Hall–Kier alpha value is -3.42. The molecule has 5 nitrogen and oxygen atoms in total. The Morgan fingerprint density at radius 1 is 1.07 bits per heavy atom. The number of phenolic OH excluding ortho intramolecular Hbond substituents is 1. The number of methoxy groups -OCH3 is 2. The number of carbonyl (C=O) groups is 1. The summed E-state index contributed by atoms with van der Waals surface area (Å²) in [6.45, 7) is 0. The molecule has 3 rings (SSSR count). The van der Waals surface area contributed by atoms with Crippen LogP contribution < -0.4 is 9.47 Å². The molecule has 0 fully saturated rings. The van der Waals surface area contributed by atoms with Gasteiger partial charge in [-0.25, -0.2) is 0 Å². The Bertz CT molecular complexity index is 1050. The maximum atomic E-state index is 12.7. The van der Waals surface area contributed by atoms with Crippen molar-refractivity contribution in [1.82, 2.24) is 0 Å². The Morgan fingerprint density at radius 3 is 2.29 bits per heavy atom. The summed E-state index contributed by atoms with van der Waals surface area (Å²) in [4.78, 5) is 12.7. The van der Waals surface area contributed by atoms with Crippen LogP contribution in [-0.2, 0) is 6.18 Å². The van der Waals surface area contributed by atoms with Crippen LogP contribution in [0.5, 0.6) is 17.2 Å². The zero-order chi connectivity index (χ0) is 20.5. The lowest BCUT2D eigenvalue weighted by atomic mass is 10.0. The standard InChI is InChI=1S/C20H15F3O5/c1-26-17-13-9-10-28-18(13)19(27-2)16(25)15(17)14(24)8-5-11-3-6-12(7-4-11)20(21,22)23/h3-10,25H,1-2H3. The molecule has 1 heterocycles. The van der Waals surface area contributed by atoms with Crippen LogP contribution in [0.2, 0.25) is 0 Å². The van der Waals surface area contributed by atoms with Crippen molar-refractivity contribution in [3.8, 4) is 17.2 Å². The van der Waals surface area contributed by atoms with Gasteiger partial charge in [0.1, 0.15) is 11.3 Å². The van der Waals surface area contributed by atoms with Crippen molar-refractivity contribution < 1.29 is 37.0 Å². The van der Waals surface area contributed by atoms with Crippen LogP contribution in [0, 0.1) is 0 Å². The first-order valence-corrected chi connectivity index (χ1v) is 8.01.